The second-order valence-electron chi connectivity index (χ2n) is 6.02. The molecule has 1 N–H and O–H groups in total. The van der Waals surface area contributed by atoms with Crippen molar-refractivity contribution >= 4 is 12.1 Å². The van der Waals surface area contributed by atoms with Crippen molar-refractivity contribution in [1.29, 1.82) is 0 Å². The van der Waals surface area contributed by atoms with E-state index in [9.17, 15) is 9.59 Å². The number of rotatable bonds is 15. The first kappa shape index (κ1) is 22.5. The molecule has 1 atom stereocenters. The van der Waals surface area contributed by atoms with Crippen LogP contribution in [0.5, 0.6) is 0 Å². The summed E-state index contributed by atoms with van der Waals surface area (Å²) < 4.78 is 10.1. The highest BCUT2D eigenvalue weighted by Crippen LogP contribution is 2.09. The lowest BCUT2D eigenvalue weighted by Crippen LogP contribution is -2.42. The summed E-state index contributed by atoms with van der Waals surface area (Å²) in [6.07, 6.45) is 11.8. The minimum atomic E-state index is -0.638. The predicted octanol–water partition coefficient (Wildman–Crippen LogP) is 4.75. The highest BCUT2D eigenvalue weighted by Gasteiger charge is 2.21. The van der Waals surface area contributed by atoms with Crippen LogP contribution in [-0.2, 0) is 14.3 Å². The van der Waals surface area contributed by atoms with E-state index in [1.165, 1.54) is 44.6 Å². The van der Waals surface area contributed by atoms with Gasteiger partial charge in [-0.1, -0.05) is 77.9 Å². The number of unbranched alkanes of at least 4 members (excludes halogenated alkanes) is 7. The van der Waals surface area contributed by atoms with E-state index in [4.69, 9.17) is 9.47 Å². The smallest absolute Gasteiger partial charge is 0.408 e. The van der Waals surface area contributed by atoms with Gasteiger partial charge < -0.3 is 14.8 Å². The Morgan fingerprint density at radius 1 is 0.958 bits per heavy atom. The molecule has 0 saturated carbocycles. The van der Waals surface area contributed by atoms with Crippen LogP contribution in [0.1, 0.15) is 78.1 Å². The summed E-state index contributed by atoms with van der Waals surface area (Å²) in [5, 5.41) is 2.55. The average molecular weight is 341 g/mol. The van der Waals surface area contributed by atoms with E-state index >= 15 is 0 Å². The molecule has 0 aromatic heterocycles. The topological polar surface area (TPSA) is 64.6 Å². The Morgan fingerprint density at radius 3 is 2.17 bits per heavy atom. The third-order valence-electron chi connectivity index (χ3n) is 3.73. The van der Waals surface area contributed by atoms with E-state index in [0.717, 1.165) is 19.3 Å². The molecule has 140 valence electrons. The molecule has 0 aliphatic rings. The monoisotopic (exact) mass is 341 g/mol. The molecule has 0 spiro atoms. The Kier molecular flexibility index (Phi) is 15.3. The van der Waals surface area contributed by atoms with Crippen molar-refractivity contribution in [2.24, 2.45) is 0 Å². The number of hydrogen-bond donors (Lipinski definition) is 1. The van der Waals surface area contributed by atoms with Crippen molar-refractivity contribution in [3.63, 3.8) is 0 Å². The minimum Gasteiger partial charge on any atom is -0.464 e. The normalized spacial score (nSPS) is 11.6. The van der Waals surface area contributed by atoms with E-state index in [1.54, 1.807) is 0 Å². The molecule has 0 heterocycles. The number of nitrogens with one attached hydrogen (secondary N) is 1. The first-order valence-corrected chi connectivity index (χ1v) is 9.36. The van der Waals surface area contributed by atoms with Crippen LogP contribution >= 0.6 is 0 Å². The van der Waals surface area contributed by atoms with Crippen LogP contribution in [0.25, 0.3) is 0 Å². The summed E-state index contributed by atoms with van der Waals surface area (Å²) in [6, 6.07) is -0.638. The van der Waals surface area contributed by atoms with Gasteiger partial charge in [0.1, 0.15) is 12.6 Å². The van der Waals surface area contributed by atoms with E-state index < -0.39 is 12.1 Å². The Hall–Kier alpha value is -1.52. The van der Waals surface area contributed by atoms with Crippen molar-refractivity contribution < 1.29 is 19.1 Å². The maximum Gasteiger partial charge on any atom is 0.408 e. The van der Waals surface area contributed by atoms with E-state index in [1.807, 2.05) is 6.92 Å². The van der Waals surface area contributed by atoms with Gasteiger partial charge in [-0.25, -0.2) is 9.59 Å². The van der Waals surface area contributed by atoms with Gasteiger partial charge in [-0.05, 0) is 12.8 Å². The van der Waals surface area contributed by atoms with Crippen molar-refractivity contribution in [3.05, 3.63) is 12.7 Å². The first-order chi connectivity index (χ1) is 11.7. The van der Waals surface area contributed by atoms with Gasteiger partial charge >= 0.3 is 12.1 Å². The maximum atomic E-state index is 12.0. The molecule has 0 aromatic rings. The van der Waals surface area contributed by atoms with Crippen LogP contribution in [0, 0.1) is 0 Å². The van der Waals surface area contributed by atoms with Gasteiger partial charge in [-0.3, -0.25) is 0 Å². The molecule has 24 heavy (non-hydrogen) atoms. The fourth-order valence-corrected chi connectivity index (χ4v) is 2.37. The standard InChI is InChI=1S/C19H35NO4/c1-4-7-8-9-10-11-12-13-16-23-18(21)17(14-5-2)20-19(22)24-15-6-3/h6,17H,3-5,7-16H2,1-2H3,(H,20,22). The minimum absolute atomic E-state index is 0.123. The molecule has 0 aliphatic carbocycles. The lowest BCUT2D eigenvalue weighted by atomic mass is 10.1. The van der Waals surface area contributed by atoms with Gasteiger partial charge in [0.05, 0.1) is 6.61 Å². The Labute approximate surface area is 147 Å². The SMILES string of the molecule is C=CCOC(=O)NC(CCC)C(=O)OCCCCCCCCCC. The number of amides is 1. The molecule has 0 radical (unpaired) electrons. The fraction of sp³-hybridized carbons (Fsp3) is 0.789. The zero-order valence-corrected chi connectivity index (χ0v) is 15.5. The van der Waals surface area contributed by atoms with Gasteiger partial charge in [0.25, 0.3) is 0 Å². The van der Waals surface area contributed by atoms with E-state index in [0.29, 0.717) is 13.0 Å². The highest BCUT2D eigenvalue weighted by molar-refractivity contribution is 5.81. The molecule has 0 aliphatic heterocycles. The Bertz CT molecular complexity index is 344. The van der Waals surface area contributed by atoms with Crippen LogP contribution < -0.4 is 5.32 Å². The van der Waals surface area contributed by atoms with Gasteiger partial charge in [-0.15, -0.1) is 0 Å². The van der Waals surface area contributed by atoms with E-state index in [2.05, 4.69) is 18.8 Å². The molecule has 0 rings (SSSR count). The summed E-state index contributed by atoms with van der Waals surface area (Å²) in [7, 11) is 0. The van der Waals surface area contributed by atoms with Gasteiger partial charge in [-0.2, -0.15) is 0 Å². The average Bonchev–Trinajstić information content (AvgIpc) is 2.58. The van der Waals surface area contributed by atoms with Crippen LogP contribution in [0.15, 0.2) is 12.7 Å². The Balaban J connectivity index is 3.82. The molecule has 0 saturated heterocycles. The van der Waals surface area contributed by atoms with Crippen molar-refractivity contribution in [2.75, 3.05) is 13.2 Å². The van der Waals surface area contributed by atoms with Crippen molar-refractivity contribution in [1.82, 2.24) is 5.32 Å². The summed E-state index contributed by atoms with van der Waals surface area (Å²) in [5.41, 5.74) is 0. The fourth-order valence-electron chi connectivity index (χ4n) is 2.37. The van der Waals surface area contributed by atoms with Crippen LogP contribution in [0.2, 0.25) is 0 Å². The van der Waals surface area contributed by atoms with Gasteiger partial charge in [0, 0.05) is 0 Å². The first-order valence-electron chi connectivity index (χ1n) is 9.36. The third kappa shape index (κ3) is 13.0. The number of esters is 1. The molecule has 0 bridgehead atoms. The highest BCUT2D eigenvalue weighted by atomic mass is 16.6. The van der Waals surface area contributed by atoms with Crippen LogP contribution in [0.3, 0.4) is 0 Å². The third-order valence-corrected chi connectivity index (χ3v) is 3.73. The zero-order chi connectivity index (χ0) is 18.0. The number of carbonyl (C=O) groups is 2. The Morgan fingerprint density at radius 2 is 1.58 bits per heavy atom. The molecule has 0 fully saturated rings. The van der Waals surface area contributed by atoms with E-state index in [-0.39, 0.29) is 12.6 Å². The molecule has 1 amide bonds. The second kappa shape index (κ2) is 16.3. The lowest BCUT2D eigenvalue weighted by Gasteiger charge is -2.16. The summed E-state index contributed by atoms with van der Waals surface area (Å²) in [4.78, 5) is 23.6. The molecular weight excluding hydrogens is 306 g/mol. The quantitative estimate of drug-likeness (QED) is 0.265. The molecular formula is C19H35NO4. The van der Waals surface area contributed by atoms with Crippen LogP contribution in [0.4, 0.5) is 4.79 Å². The van der Waals surface area contributed by atoms with Crippen molar-refractivity contribution in [2.45, 2.75) is 84.1 Å². The lowest BCUT2D eigenvalue weighted by molar-refractivity contribution is -0.146. The molecule has 0 aromatic carbocycles. The summed E-state index contributed by atoms with van der Waals surface area (Å²) >= 11 is 0. The molecule has 5 nitrogen and oxygen atoms in total. The number of carbonyl (C=O) groups excluding carboxylic acids is 2. The zero-order valence-electron chi connectivity index (χ0n) is 15.5. The maximum absolute atomic E-state index is 12.0. The largest absolute Gasteiger partial charge is 0.464 e. The number of ether oxygens (including phenoxy) is 2. The number of alkyl carbamates (subject to hydrolysis) is 1. The van der Waals surface area contributed by atoms with Crippen LogP contribution in [-0.4, -0.2) is 31.3 Å². The van der Waals surface area contributed by atoms with Crippen molar-refractivity contribution in [3.8, 4) is 0 Å². The van der Waals surface area contributed by atoms with Gasteiger partial charge in [0.15, 0.2) is 0 Å². The second-order valence-corrected chi connectivity index (χ2v) is 6.02. The van der Waals surface area contributed by atoms with Gasteiger partial charge in [0.2, 0.25) is 0 Å². The number of hydrogen-bond acceptors (Lipinski definition) is 4. The summed E-state index contributed by atoms with van der Waals surface area (Å²) in [5.74, 6) is -0.379. The predicted molar refractivity (Wildman–Crippen MR) is 96.9 cm³/mol. The molecule has 5 heteroatoms. The summed E-state index contributed by atoms with van der Waals surface area (Å²) in [6.45, 7) is 8.18. The molecule has 1 unspecified atom stereocenters.